The van der Waals surface area contributed by atoms with E-state index in [1.165, 1.54) is 6.07 Å². The van der Waals surface area contributed by atoms with Crippen LogP contribution in [0.2, 0.25) is 0 Å². The highest BCUT2D eigenvalue weighted by atomic mass is 79.9. The molecule has 0 N–H and O–H groups in total. The third-order valence-electron chi connectivity index (χ3n) is 2.40. The molecule has 1 heterocycles. The summed E-state index contributed by atoms with van der Waals surface area (Å²) in [5, 5.41) is 19.5. The van der Waals surface area contributed by atoms with Crippen LogP contribution in [0, 0.1) is 10.1 Å². The average molecular weight is 311 g/mol. The predicted octanol–water partition coefficient (Wildman–Crippen LogP) is 2.17. The molecule has 94 valence electrons. The van der Waals surface area contributed by atoms with E-state index in [-0.39, 0.29) is 5.69 Å². The normalized spacial score (nSPS) is 10.5. The first kappa shape index (κ1) is 12.7. The van der Waals surface area contributed by atoms with Crippen LogP contribution in [0.25, 0.3) is 0 Å². The van der Waals surface area contributed by atoms with Crippen molar-refractivity contribution in [2.45, 2.75) is 13.0 Å². The number of hydrogen-bond acceptors (Lipinski definition) is 4. The smallest absolute Gasteiger partial charge is 0.258 e. The lowest BCUT2D eigenvalue weighted by molar-refractivity contribution is -0.384. The third kappa shape index (κ3) is 3.13. The van der Waals surface area contributed by atoms with E-state index in [2.05, 4.69) is 26.2 Å². The van der Waals surface area contributed by atoms with E-state index in [4.69, 9.17) is 0 Å². The Morgan fingerprint density at radius 2 is 2.28 bits per heavy atom. The Hall–Kier alpha value is -1.76. The van der Waals surface area contributed by atoms with Gasteiger partial charge in [-0.15, -0.1) is 5.10 Å². The van der Waals surface area contributed by atoms with Gasteiger partial charge in [-0.1, -0.05) is 33.3 Å². The SMILES string of the molecule is O=[N+]([O-])c1cccc(Cn2cc(CCBr)nn2)c1. The molecule has 6 nitrogen and oxygen atoms in total. The van der Waals surface area contributed by atoms with Gasteiger partial charge in [0.15, 0.2) is 0 Å². The molecule has 0 aliphatic rings. The van der Waals surface area contributed by atoms with Crippen LogP contribution in [0.4, 0.5) is 5.69 Å². The fourth-order valence-corrected chi connectivity index (χ4v) is 1.99. The number of non-ortho nitro benzene ring substituents is 1. The van der Waals surface area contributed by atoms with Crippen molar-refractivity contribution >= 4 is 21.6 Å². The number of rotatable bonds is 5. The number of nitrogens with zero attached hydrogens (tertiary/aromatic N) is 4. The first-order chi connectivity index (χ1) is 8.69. The van der Waals surface area contributed by atoms with Gasteiger partial charge in [-0.2, -0.15) is 0 Å². The average Bonchev–Trinajstić information content (AvgIpc) is 2.77. The summed E-state index contributed by atoms with van der Waals surface area (Å²) in [6.45, 7) is 0.483. The number of halogens is 1. The first-order valence-electron chi connectivity index (χ1n) is 5.37. The zero-order valence-corrected chi connectivity index (χ0v) is 11.1. The summed E-state index contributed by atoms with van der Waals surface area (Å²) >= 11 is 3.34. The monoisotopic (exact) mass is 310 g/mol. The molecule has 2 rings (SSSR count). The standard InChI is InChI=1S/C11H11BrN4O2/c12-5-4-10-8-15(14-13-10)7-9-2-1-3-11(6-9)16(17)18/h1-3,6,8H,4-5,7H2. The molecule has 0 atom stereocenters. The maximum atomic E-state index is 10.7. The fraction of sp³-hybridized carbons (Fsp3) is 0.273. The molecule has 7 heteroatoms. The molecule has 0 unspecified atom stereocenters. The molecule has 2 aromatic rings. The van der Waals surface area contributed by atoms with E-state index < -0.39 is 4.92 Å². The number of aryl methyl sites for hydroxylation is 1. The van der Waals surface area contributed by atoms with Crippen LogP contribution in [0.1, 0.15) is 11.3 Å². The van der Waals surface area contributed by atoms with Gasteiger partial charge in [0, 0.05) is 30.1 Å². The van der Waals surface area contributed by atoms with Crippen molar-refractivity contribution in [2.24, 2.45) is 0 Å². The van der Waals surface area contributed by atoms with E-state index >= 15 is 0 Å². The van der Waals surface area contributed by atoms with Crippen LogP contribution in [0.5, 0.6) is 0 Å². The van der Waals surface area contributed by atoms with Gasteiger partial charge in [0.1, 0.15) is 0 Å². The second kappa shape index (κ2) is 5.72. The minimum Gasteiger partial charge on any atom is -0.258 e. The highest BCUT2D eigenvalue weighted by Gasteiger charge is 2.07. The molecule has 0 bridgehead atoms. The maximum Gasteiger partial charge on any atom is 0.269 e. The Bertz CT molecular complexity index is 555. The van der Waals surface area contributed by atoms with Gasteiger partial charge in [0.25, 0.3) is 5.69 Å². The molecule has 0 aliphatic carbocycles. The molecule has 1 aromatic heterocycles. The Labute approximate surface area is 112 Å². The molecule has 0 radical (unpaired) electrons. The molecular weight excluding hydrogens is 300 g/mol. The molecule has 0 saturated carbocycles. The topological polar surface area (TPSA) is 73.8 Å². The van der Waals surface area contributed by atoms with Crippen molar-refractivity contribution in [2.75, 3.05) is 5.33 Å². The first-order valence-corrected chi connectivity index (χ1v) is 6.49. The van der Waals surface area contributed by atoms with Gasteiger partial charge in [0.2, 0.25) is 0 Å². The van der Waals surface area contributed by atoms with Crippen LogP contribution >= 0.6 is 15.9 Å². The van der Waals surface area contributed by atoms with E-state index in [0.29, 0.717) is 6.54 Å². The van der Waals surface area contributed by atoms with Crippen molar-refractivity contribution in [1.82, 2.24) is 15.0 Å². The van der Waals surface area contributed by atoms with Crippen LogP contribution in [-0.4, -0.2) is 25.2 Å². The number of nitro groups is 1. The zero-order chi connectivity index (χ0) is 13.0. The lowest BCUT2D eigenvalue weighted by Gasteiger charge is -2.00. The van der Waals surface area contributed by atoms with Crippen LogP contribution in [0.15, 0.2) is 30.5 Å². The predicted molar refractivity (Wildman–Crippen MR) is 69.7 cm³/mol. The molecule has 18 heavy (non-hydrogen) atoms. The Morgan fingerprint density at radius 3 is 3.00 bits per heavy atom. The summed E-state index contributed by atoms with van der Waals surface area (Å²) in [5.41, 5.74) is 1.82. The fourth-order valence-electron chi connectivity index (χ4n) is 1.58. The van der Waals surface area contributed by atoms with Crippen LogP contribution in [-0.2, 0) is 13.0 Å². The van der Waals surface area contributed by atoms with Gasteiger partial charge >= 0.3 is 0 Å². The molecule has 0 amide bonds. The van der Waals surface area contributed by atoms with E-state index in [1.54, 1.807) is 16.8 Å². The molecule has 0 saturated heterocycles. The van der Waals surface area contributed by atoms with Crippen LogP contribution in [0.3, 0.4) is 0 Å². The van der Waals surface area contributed by atoms with Gasteiger partial charge in [0.05, 0.1) is 17.2 Å². The second-order valence-electron chi connectivity index (χ2n) is 3.77. The highest BCUT2D eigenvalue weighted by molar-refractivity contribution is 9.09. The molecular formula is C11H11BrN4O2. The second-order valence-corrected chi connectivity index (χ2v) is 4.57. The summed E-state index contributed by atoms with van der Waals surface area (Å²) in [5.74, 6) is 0. The largest absolute Gasteiger partial charge is 0.269 e. The van der Waals surface area contributed by atoms with Gasteiger partial charge in [-0.05, 0) is 5.56 Å². The summed E-state index contributed by atoms with van der Waals surface area (Å²) in [7, 11) is 0. The van der Waals surface area contributed by atoms with Gasteiger partial charge in [-0.25, -0.2) is 4.68 Å². The molecule has 0 aliphatic heterocycles. The van der Waals surface area contributed by atoms with Crippen LogP contribution < -0.4 is 0 Å². The maximum absolute atomic E-state index is 10.7. The minimum atomic E-state index is -0.402. The van der Waals surface area contributed by atoms with E-state index in [1.807, 2.05) is 12.3 Å². The van der Waals surface area contributed by atoms with Gasteiger partial charge < -0.3 is 0 Å². The van der Waals surface area contributed by atoms with Crippen molar-refractivity contribution in [3.8, 4) is 0 Å². The molecule has 0 fully saturated rings. The van der Waals surface area contributed by atoms with Crippen molar-refractivity contribution in [1.29, 1.82) is 0 Å². The summed E-state index contributed by atoms with van der Waals surface area (Å²) in [6, 6.07) is 6.52. The van der Waals surface area contributed by atoms with E-state index in [9.17, 15) is 10.1 Å². The van der Waals surface area contributed by atoms with Crippen molar-refractivity contribution in [3.63, 3.8) is 0 Å². The zero-order valence-electron chi connectivity index (χ0n) is 9.49. The third-order valence-corrected chi connectivity index (χ3v) is 2.80. The lowest BCUT2D eigenvalue weighted by Crippen LogP contribution is -2.01. The molecule has 1 aromatic carbocycles. The number of alkyl halides is 1. The summed E-state index contributed by atoms with van der Waals surface area (Å²) in [6.07, 6.45) is 2.66. The minimum absolute atomic E-state index is 0.0910. The van der Waals surface area contributed by atoms with Crippen molar-refractivity contribution < 1.29 is 4.92 Å². The quantitative estimate of drug-likeness (QED) is 0.482. The molecule has 0 spiro atoms. The Morgan fingerprint density at radius 1 is 1.44 bits per heavy atom. The Balaban J connectivity index is 2.12. The number of hydrogen-bond donors (Lipinski definition) is 0. The number of aromatic nitrogens is 3. The highest BCUT2D eigenvalue weighted by Crippen LogP contribution is 2.13. The number of nitro benzene ring substituents is 1. The van der Waals surface area contributed by atoms with Crippen molar-refractivity contribution in [3.05, 3.63) is 51.8 Å². The van der Waals surface area contributed by atoms with Gasteiger partial charge in [-0.3, -0.25) is 10.1 Å². The lowest BCUT2D eigenvalue weighted by atomic mass is 10.2. The Kier molecular flexibility index (Phi) is 4.03. The summed E-state index contributed by atoms with van der Waals surface area (Å²) in [4.78, 5) is 10.3. The summed E-state index contributed by atoms with van der Waals surface area (Å²) < 4.78 is 1.68. The van der Waals surface area contributed by atoms with E-state index in [0.717, 1.165) is 23.0 Å². The number of benzene rings is 1.